The highest BCUT2D eigenvalue weighted by Crippen LogP contribution is 2.28. The molecule has 20 heavy (non-hydrogen) atoms. The topological polar surface area (TPSA) is 88.0 Å². The Morgan fingerprint density at radius 1 is 1.55 bits per heavy atom. The minimum Gasteiger partial charge on any atom is -0.462 e. The Morgan fingerprint density at radius 2 is 2.25 bits per heavy atom. The van der Waals surface area contributed by atoms with Crippen molar-refractivity contribution in [2.24, 2.45) is 0 Å². The van der Waals surface area contributed by atoms with Crippen molar-refractivity contribution in [3.63, 3.8) is 0 Å². The number of nitrogens with zero attached hydrogens (tertiary/aromatic N) is 2. The number of allylic oxidation sites excluding steroid dienone is 1. The van der Waals surface area contributed by atoms with Crippen LogP contribution in [0, 0.1) is 5.41 Å². The smallest absolute Gasteiger partial charge is 0.432 e. The molecule has 9 heteroatoms. The molecule has 2 N–H and O–H groups in total. The molecule has 0 aromatic carbocycles. The number of carbonyl (C=O) groups is 1. The van der Waals surface area contributed by atoms with Gasteiger partial charge in [0.1, 0.15) is 11.3 Å². The Balaban J connectivity index is 3.23. The van der Waals surface area contributed by atoms with Gasteiger partial charge in [0, 0.05) is 12.4 Å². The average Bonchev–Trinajstić information content (AvgIpc) is 2.39. The molecule has 0 saturated carbocycles. The highest BCUT2D eigenvalue weighted by atomic mass is 19.4. The summed E-state index contributed by atoms with van der Waals surface area (Å²) in [7, 11) is 0. The first-order valence-corrected chi connectivity index (χ1v) is 5.44. The quantitative estimate of drug-likeness (QED) is 0.491. The normalized spacial score (nSPS) is 12.4. The summed E-state index contributed by atoms with van der Waals surface area (Å²) in [5, 5.41) is 15.8. The van der Waals surface area contributed by atoms with E-state index in [1.807, 2.05) is 5.32 Å². The predicted octanol–water partition coefficient (Wildman–Crippen LogP) is 1.92. The second-order valence-electron chi connectivity index (χ2n) is 3.39. The molecule has 108 valence electrons. The zero-order valence-electron chi connectivity index (χ0n) is 10.4. The summed E-state index contributed by atoms with van der Waals surface area (Å²) >= 11 is 0. The Kier molecular flexibility index (Phi) is 5.18. The maximum absolute atomic E-state index is 13.0. The van der Waals surface area contributed by atoms with E-state index in [9.17, 15) is 18.0 Å². The SMILES string of the molecule is CCOC(=O)/C(C=N)=C(/Nc1cccnn1)C(F)(F)F. The lowest BCUT2D eigenvalue weighted by Gasteiger charge is -2.15. The minimum absolute atomic E-state index is 0.105. The number of hydrogen-bond acceptors (Lipinski definition) is 6. The predicted molar refractivity (Wildman–Crippen MR) is 64.2 cm³/mol. The number of halogens is 3. The summed E-state index contributed by atoms with van der Waals surface area (Å²) in [6.45, 7) is 1.34. The van der Waals surface area contributed by atoms with Crippen molar-refractivity contribution in [3.8, 4) is 0 Å². The lowest BCUT2D eigenvalue weighted by Crippen LogP contribution is -2.26. The summed E-state index contributed by atoms with van der Waals surface area (Å²) in [6, 6.07) is 2.61. The van der Waals surface area contributed by atoms with Crippen molar-refractivity contribution in [1.82, 2.24) is 10.2 Å². The van der Waals surface area contributed by atoms with E-state index in [1.165, 1.54) is 25.3 Å². The largest absolute Gasteiger partial charge is 0.462 e. The van der Waals surface area contributed by atoms with Crippen molar-refractivity contribution >= 4 is 18.0 Å². The van der Waals surface area contributed by atoms with E-state index < -0.39 is 23.4 Å². The van der Waals surface area contributed by atoms with Crippen LogP contribution >= 0.6 is 0 Å². The number of hydrogen-bond donors (Lipinski definition) is 2. The number of anilines is 1. The van der Waals surface area contributed by atoms with E-state index in [1.54, 1.807) is 0 Å². The van der Waals surface area contributed by atoms with Gasteiger partial charge in [-0.15, -0.1) is 5.10 Å². The third-order valence-corrected chi connectivity index (χ3v) is 2.02. The molecule has 1 aromatic rings. The van der Waals surface area contributed by atoms with Crippen LogP contribution in [0.3, 0.4) is 0 Å². The van der Waals surface area contributed by atoms with E-state index in [0.29, 0.717) is 0 Å². The highest BCUT2D eigenvalue weighted by molar-refractivity contribution is 6.09. The molecule has 1 heterocycles. The fourth-order valence-corrected chi connectivity index (χ4v) is 1.23. The summed E-state index contributed by atoms with van der Waals surface area (Å²) in [6.07, 6.45) is -3.31. The van der Waals surface area contributed by atoms with Gasteiger partial charge in [-0.2, -0.15) is 18.3 Å². The van der Waals surface area contributed by atoms with Crippen molar-refractivity contribution in [2.45, 2.75) is 13.1 Å². The van der Waals surface area contributed by atoms with Crippen LogP contribution < -0.4 is 5.32 Å². The van der Waals surface area contributed by atoms with E-state index in [2.05, 4.69) is 14.9 Å². The van der Waals surface area contributed by atoms with Gasteiger partial charge in [0.25, 0.3) is 0 Å². The molecule has 0 spiro atoms. The number of esters is 1. The molecule has 0 aliphatic rings. The molecule has 0 fully saturated rings. The van der Waals surface area contributed by atoms with Crippen LogP contribution in [-0.2, 0) is 9.53 Å². The fraction of sp³-hybridized carbons (Fsp3) is 0.273. The van der Waals surface area contributed by atoms with Gasteiger partial charge in [-0.25, -0.2) is 4.79 Å². The van der Waals surface area contributed by atoms with Gasteiger partial charge in [0.2, 0.25) is 0 Å². The van der Waals surface area contributed by atoms with Gasteiger partial charge in [-0.05, 0) is 19.1 Å². The third kappa shape index (κ3) is 4.04. The second-order valence-corrected chi connectivity index (χ2v) is 3.39. The van der Waals surface area contributed by atoms with Crippen LogP contribution in [0.2, 0.25) is 0 Å². The van der Waals surface area contributed by atoms with Crippen molar-refractivity contribution < 1.29 is 22.7 Å². The maximum atomic E-state index is 13.0. The maximum Gasteiger partial charge on any atom is 0.432 e. The van der Waals surface area contributed by atoms with Gasteiger partial charge in [-0.3, -0.25) is 0 Å². The van der Waals surface area contributed by atoms with Gasteiger partial charge < -0.3 is 15.5 Å². The molecule has 0 unspecified atom stereocenters. The molecule has 0 atom stereocenters. The number of rotatable bonds is 5. The number of alkyl halides is 3. The zero-order valence-corrected chi connectivity index (χ0v) is 10.4. The average molecular weight is 288 g/mol. The molecular weight excluding hydrogens is 277 g/mol. The summed E-state index contributed by atoms with van der Waals surface area (Å²) in [5.41, 5.74) is -2.36. The Morgan fingerprint density at radius 3 is 2.70 bits per heavy atom. The summed E-state index contributed by atoms with van der Waals surface area (Å²) < 4.78 is 43.4. The van der Waals surface area contributed by atoms with E-state index >= 15 is 0 Å². The number of nitrogens with one attached hydrogen (secondary N) is 2. The van der Waals surface area contributed by atoms with Crippen LogP contribution in [0.4, 0.5) is 19.0 Å². The molecule has 0 saturated heterocycles. The van der Waals surface area contributed by atoms with Crippen molar-refractivity contribution in [2.75, 3.05) is 11.9 Å². The standard InChI is InChI=1S/C11H11F3N4O2/c1-2-20-10(19)7(6-15)9(11(12,13)14)17-8-4-3-5-16-18-8/h3-6,15H,2H2,1H3,(H,17,18)/b9-7+,15-6?. The first-order valence-electron chi connectivity index (χ1n) is 5.44. The molecule has 0 radical (unpaired) electrons. The van der Waals surface area contributed by atoms with E-state index in [0.717, 1.165) is 0 Å². The van der Waals surface area contributed by atoms with Gasteiger partial charge in [-0.1, -0.05) is 0 Å². The molecule has 0 amide bonds. The van der Waals surface area contributed by atoms with Crippen LogP contribution in [0.1, 0.15) is 6.92 Å². The summed E-state index contributed by atoms with van der Waals surface area (Å²) in [4.78, 5) is 11.4. The second kappa shape index (κ2) is 6.64. The first kappa shape index (κ1) is 15.6. The zero-order chi connectivity index (χ0) is 15.2. The van der Waals surface area contributed by atoms with Crippen molar-refractivity contribution in [1.29, 1.82) is 5.41 Å². The molecule has 0 bridgehead atoms. The van der Waals surface area contributed by atoms with Gasteiger partial charge >= 0.3 is 12.1 Å². The Hall–Kier alpha value is -2.45. The molecule has 1 rings (SSSR count). The van der Waals surface area contributed by atoms with Crippen molar-refractivity contribution in [3.05, 3.63) is 29.6 Å². The molecular formula is C11H11F3N4O2. The molecule has 1 aromatic heterocycles. The monoisotopic (exact) mass is 288 g/mol. The van der Waals surface area contributed by atoms with Gasteiger partial charge in [0.15, 0.2) is 5.82 Å². The van der Waals surface area contributed by atoms with Gasteiger partial charge in [0.05, 0.1) is 6.61 Å². The molecule has 0 aliphatic carbocycles. The lowest BCUT2D eigenvalue weighted by atomic mass is 10.2. The Labute approximate surface area is 112 Å². The van der Waals surface area contributed by atoms with Crippen LogP contribution in [-0.4, -0.2) is 35.2 Å². The third-order valence-electron chi connectivity index (χ3n) is 2.02. The number of ether oxygens (including phenoxy) is 1. The fourth-order valence-electron chi connectivity index (χ4n) is 1.23. The first-order chi connectivity index (χ1) is 9.40. The molecule has 0 aliphatic heterocycles. The van der Waals surface area contributed by atoms with Crippen LogP contribution in [0.15, 0.2) is 29.6 Å². The highest BCUT2D eigenvalue weighted by Gasteiger charge is 2.38. The molecule has 6 nitrogen and oxygen atoms in total. The van der Waals surface area contributed by atoms with Crippen LogP contribution in [0.25, 0.3) is 0 Å². The number of carbonyl (C=O) groups excluding carboxylic acids is 1. The van der Waals surface area contributed by atoms with Crippen LogP contribution in [0.5, 0.6) is 0 Å². The lowest BCUT2D eigenvalue weighted by molar-refractivity contribution is -0.139. The van der Waals surface area contributed by atoms with E-state index in [4.69, 9.17) is 5.41 Å². The Bertz CT molecular complexity index is 514. The van der Waals surface area contributed by atoms with E-state index in [-0.39, 0.29) is 18.6 Å². The number of aromatic nitrogens is 2. The minimum atomic E-state index is -4.88. The summed E-state index contributed by atoms with van der Waals surface area (Å²) in [5.74, 6) is -1.45.